The van der Waals surface area contributed by atoms with Gasteiger partial charge < -0.3 is 11.1 Å². The zero-order chi connectivity index (χ0) is 10.2. The fraction of sp³-hybridized carbons (Fsp3) is 0.700. The molecule has 0 aromatic heterocycles. The average molecular weight is 195 g/mol. The van der Waals surface area contributed by atoms with Crippen LogP contribution < -0.4 is 11.1 Å². The number of ketones is 1. The molecule has 2 fully saturated rings. The second-order valence-electron chi connectivity index (χ2n) is 4.15. The van der Waals surface area contributed by atoms with E-state index in [-0.39, 0.29) is 5.78 Å². The van der Waals surface area contributed by atoms with Crippen LogP contribution in [0.25, 0.3) is 0 Å². The van der Waals surface area contributed by atoms with Crippen molar-refractivity contribution in [3.05, 3.63) is 6.42 Å². The van der Waals surface area contributed by atoms with Crippen LogP contribution in [0.15, 0.2) is 0 Å². The standard InChI is InChI=1S/C10H15N2O2/c11-9(14)8-10(5-6-12-8)4-2-1-3-7(10)13/h2,8,12H,1,3-6H2,(H2,11,14). The summed E-state index contributed by atoms with van der Waals surface area (Å²) in [5.74, 6) is -0.194. The predicted octanol–water partition coefficient (Wildman–Crippen LogP) is -0.223. The fourth-order valence-corrected chi connectivity index (χ4v) is 2.63. The smallest absolute Gasteiger partial charge is 0.235 e. The van der Waals surface area contributed by atoms with E-state index in [1.54, 1.807) is 0 Å². The quantitative estimate of drug-likeness (QED) is 0.607. The van der Waals surface area contributed by atoms with Gasteiger partial charge in [-0.05, 0) is 32.2 Å². The highest BCUT2D eigenvalue weighted by atomic mass is 16.2. The van der Waals surface area contributed by atoms with Crippen LogP contribution in [-0.4, -0.2) is 24.3 Å². The number of hydrogen-bond donors (Lipinski definition) is 2. The highest BCUT2D eigenvalue weighted by Gasteiger charge is 2.51. The first-order chi connectivity index (χ1) is 6.67. The van der Waals surface area contributed by atoms with Gasteiger partial charge in [0, 0.05) is 6.42 Å². The van der Waals surface area contributed by atoms with E-state index in [1.807, 2.05) is 0 Å². The van der Waals surface area contributed by atoms with E-state index in [0.29, 0.717) is 19.4 Å². The second kappa shape index (κ2) is 3.35. The van der Waals surface area contributed by atoms with Gasteiger partial charge in [0.25, 0.3) is 0 Å². The highest BCUT2D eigenvalue weighted by Crippen LogP contribution is 2.41. The number of hydrogen-bond acceptors (Lipinski definition) is 3. The van der Waals surface area contributed by atoms with Crippen molar-refractivity contribution in [1.29, 1.82) is 0 Å². The van der Waals surface area contributed by atoms with Crippen LogP contribution in [0.2, 0.25) is 0 Å². The maximum Gasteiger partial charge on any atom is 0.235 e. The summed E-state index contributed by atoms with van der Waals surface area (Å²) in [7, 11) is 0. The van der Waals surface area contributed by atoms with Gasteiger partial charge in [0.2, 0.25) is 5.91 Å². The van der Waals surface area contributed by atoms with Gasteiger partial charge in [0.05, 0.1) is 11.5 Å². The Morgan fingerprint density at radius 1 is 1.64 bits per heavy atom. The van der Waals surface area contributed by atoms with Crippen molar-refractivity contribution in [1.82, 2.24) is 5.32 Å². The lowest BCUT2D eigenvalue weighted by Gasteiger charge is -2.34. The number of amides is 1. The summed E-state index contributed by atoms with van der Waals surface area (Å²) >= 11 is 0. The lowest BCUT2D eigenvalue weighted by molar-refractivity contribution is -0.136. The normalized spacial score (nSPS) is 37.7. The molecule has 2 unspecified atom stereocenters. The molecule has 77 valence electrons. The summed E-state index contributed by atoms with van der Waals surface area (Å²) < 4.78 is 0. The topological polar surface area (TPSA) is 72.2 Å². The lowest BCUT2D eigenvalue weighted by Crippen LogP contribution is -2.51. The van der Waals surface area contributed by atoms with Crippen LogP contribution in [0.4, 0.5) is 0 Å². The Bertz CT molecular complexity index is 277. The van der Waals surface area contributed by atoms with Gasteiger partial charge in [-0.25, -0.2) is 0 Å². The Kier molecular flexibility index (Phi) is 2.31. The van der Waals surface area contributed by atoms with E-state index in [9.17, 15) is 9.59 Å². The summed E-state index contributed by atoms with van der Waals surface area (Å²) in [5, 5.41) is 3.03. The molecule has 1 spiro atoms. The van der Waals surface area contributed by atoms with E-state index in [0.717, 1.165) is 12.8 Å². The van der Waals surface area contributed by atoms with Crippen molar-refractivity contribution in [3.8, 4) is 0 Å². The van der Waals surface area contributed by atoms with Crippen LogP contribution in [0.1, 0.15) is 25.7 Å². The minimum absolute atomic E-state index is 0.203. The molecule has 1 saturated carbocycles. The Morgan fingerprint density at radius 3 is 3.07 bits per heavy atom. The molecule has 4 heteroatoms. The molecule has 3 N–H and O–H groups in total. The van der Waals surface area contributed by atoms with Gasteiger partial charge in [0.15, 0.2) is 0 Å². The Balaban J connectivity index is 2.27. The Morgan fingerprint density at radius 2 is 2.43 bits per heavy atom. The number of rotatable bonds is 1. The number of carbonyl (C=O) groups is 2. The summed E-state index contributed by atoms with van der Waals surface area (Å²) in [4.78, 5) is 23.1. The molecule has 0 aromatic rings. The molecule has 2 aliphatic rings. The first-order valence-corrected chi connectivity index (χ1v) is 5.04. The van der Waals surface area contributed by atoms with E-state index in [2.05, 4.69) is 11.7 Å². The Hall–Kier alpha value is -0.900. The third kappa shape index (κ3) is 1.25. The third-order valence-corrected chi connectivity index (χ3v) is 3.40. The van der Waals surface area contributed by atoms with Crippen LogP contribution in [0.5, 0.6) is 0 Å². The van der Waals surface area contributed by atoms with Crippen molar-refractivity contribution in [2.45, 2.75) is 31.7 Å². The first kappa shape index (κ1) is 9.65. The average Bonchev–Trinajstić information content (AvgIpc) is 2.55. The maximum atomic E-state index is 11.9. The molecule has 1 aliphatic heterocycles. The minimum Gasteiger partial charge on any atom is -0.368 e. The van der Waals surface area contributed by atoms with Gasteiger partial charge in [-0.3, -0.25) is 9.59 Å². The van der Waals surface area contributed by atoms with Crippen molar-refractivity contribution < 1.29 is 9.59 Å². The molecule has 1 radical (unpaired) electrons. The summed E-state index contributed by atoms with van der Waals surface area (Å²) in [6, 6.07) is -0.452. The summed E-state index contributed by atoms with van der Waals surface area (Å²) in [6.07, 6.45) is 4.95. The molecule has 0 aromatic carbocycles. The largest absolute Gasteiger partial charge is 0.368 e. The first-order valence-electron chi connectivity index (χ1n) is 5.04. The molecule has 14 heavy (non-hydrogen) atoms. The predicted molar refractivity (Wildman–Crippen MR) is 51.2 cm³/mol. The van der Waals surface area contributed by atoms with Crippen molar-refractivity contribution >= 4 is 11.7 Å². The second-order valence-corrected chi connectivity index (χ2v) is 4.15. The molecule has 0 bridgehead atoms. The van der Waals surface area contributed by atoms with Gasteiger partial charge in [-0.2, -0.15) is 0 Å². The SMILES string of the molecule is NC(=O)C1NCCC12C[CH]CCC2=O. The molecule has 2 atom stereocenters. The number of carbonyl (C=O) groups excluding carboxylic acids is 2. The number of nitrogens with two attached hydrogens (primary N) is 1. The van der Waals surface area contributed by atoms with Gasteiger partial charge in [-0.1, -0.05) is 0 Å². The number of primary amides is 1. The van der Waals surface area contributed by atoms with E-state index < -0.39 is 17.4 Å². The molecule has 1 heterocycles. The van der Waals surface area contributed by atoms with Gasteiger partial charge >= 0.3 is 0 Å². The zero-order valence-corrected chi connectivity index (χ0v) is 8.08. The molecular weight excluding hydrogens is 180 g/mol. The lowest BCUT2D eigenvalue weighted by atomic mass is 9.68. The Labute approximate surface area is 83.2 Å². The van der Waals surface area contributed by atoms with Gasteiger partial charge in [0.1, 0.15) is 5.78 Å². The molecule has 4 nitrogen and oxygen atoms in total. The van der Waals surface area contributed by atoms with E-state index in [4.69, 9.17) is 5.73 Å². The number of Topliss-reactive ketones (excluding diaryl/α,β-unsaturated/α-hetero) is 1. The summed E-state index contributed by atoms with van der Waals surface area (Å²) in [5.41, 5.74) is 4.79. The molecule has 1 amide bonds. The van der Waals surface area contributed by atoms with Crippen LogP contribution in [-0.2, 0) is 9.59 Å². The maximum absolute atomic E-state index is 11.9. The summed E-state index contributed by atoms with van der Waals surface area (Å²) in [6.45, 7) is 0.715. The molecule has 1 aliphatic carbocycles. The van der Waals surface area contributed by atoms with Crippen LogP contribution in [0.3, 0.4) is 0 Å². The zero-order valence-electron chi connectivity index (χ0n) is 8.08. The van der Waals surface area contributed by atoms with Crippen molar-refractivity contribution in [3.63, 3.8) is 0 Å². The molecule has 1 saturated heterocycles. The van der Waals surface area contributed by atoms with Crippen LogP contribution in [0, 0.1) is 11.8 Å². The van der Waals surface area contributed by atoms with E-state index >= 15 is 0 Å². The van der Waals surface area contributed by atoms with E-state index in [1.165, 1.54) is 0 Å². The fourth-order valence-electron chi connectivity index (χ4n) is 2.63. The van der Waals surface area contributed by atoms with Crippen molar-refractivity contribution in [2.75, 3.05) is 6.54 Å². The van der Waals surface area contributed by atoms with Crippen LogP contribution >= 0.6 is 0 Å². The van der Waals surface area contributed by atoms with Crippen molar-refractivity contribution in [2.24, 2.45) is 11.1 Å². The monoisotopic (exact) mass is 195 g/mol. The third-order valence-electron chi connectivity index (χ3n) is 3.40. The molecular formula is C10H15N2O2. The highest BCUT2D eigenvalue weighted by molar-refractivity contribution is 5.94. The minimum atomic E-state index is -0.510. The van der Waals surface area contributed by atoms with Gasteiger partial charge in [-0.15, -0.1) is 0 Å². The molecule has 2 rings (SSSR count). The number of nitrogens with one attached hydrogen (secondary N) is 1.